The molecule has 4 rings (SSSR count). The van der Waals surface area contributed by atoms with Gasteiger partial charge in [-0.05, 0) is 48.2 Å². The number of rotatable bonds is 3. The van der Waals surface area contributed by atoms with E-state index in [1.807, 2.05) is 24.3 Å². The molecule has 6 nitrogen and oxygen atoms in total. The van der Waals surface area contributed by atoms with E-state index < -0.39 is 5.66 Å². The highest BCUT2D eigenvalue weighted by molar-refractivity contribution is 5.81. The standard InChI is InChI=1S/C18H20N4O2/c1-24-17(23)18-7-2-12-22(18)16(14-5-10-20-11-6-14)15(21-18)13-3-8-19-9-4-13/h3-6,8-11,15-16,21H,2,7,12H2,1H3/t15-,16+,18-/m1/s1. The van der Waals surface area contributed by atoms with Crippen LogP contribution in [-0.2, 0) is 9.53 Å². The zero-order chi connectivity index (χ0) is 16.6. The first-order chi connectivity index (χ1) is 11.8. The molecule has 0 bridgehead atoms. The van der Waals surface area contributed by atoms with Crippen molar-refractivity contribution in [1.82, 2.24) is 20.2 Å². The number of hydrogen-bond donors (Lipinski definition) is 1. The van der Waals surface area contributed by atoms with Gasteiger partial charge in [-0.3, -0.25) is 20.2 Å². The SMILES string of the molecule is COC(=O)[C@@]12CCCN1[C@@H](c1ccncc1)[C@@H](c1ccncc1)N2. The Labute approximate surface area is 140 Å². The Morgan fingerprint density at radius 1 is 1.17 bits per heavy atom. The fraction of sp³-hybridized carbons (Fsp3) is 0.389. The molecule has 2 aromatic heterocycles. The van der Waals surface area contributed by atoms with Crippen molar-refractivity contribution in [3.63, 3.8) is 0 Å². The van der Waals surface area contributed by atoms with E-state index in [0.29, 0.717) is 0 Å². The van der Waals surface area contributed by atoms with Crippen LogP contribution in [0.15, 0.2) is 49.1 Å². The molecule has 0 unspecified atom stereocenters. The molecule has 2 aromatic rings. The van der Waals surface area contributed by atoms with E-state index >= 15 is 0 Å². The van der Waals surface area contributed by atoms with Crippen LogP contribution < -0.4 is 5.32 Å². The number of ether oxygens (including phenoxy) is 1. The van der Waals surface area contributed by atoms with Gasteiger partial charge in [0, 0.05) is 31.3 Å². The minimum atomic E-state index is -0.753. The molecule has 0 aliphatic carbocycles. The second-order valence-corrected chi connectivity index (χ2v) is 6.28. The lowest BCUT2D eigenvalue weighted by atomic mass is 9.95. The largest absolute Gasteiger partial charge is 0.467 e. The number of hydrogen-bond acceptors (Lipinski definition) is 6. The van der Waals surface area contributed by atoms with Crippen molar-refractivity contribution in [3.05, 3.63) is 60.2 Å². The molecule has 24 heavy (non-hydrogen) atoms. The predicted molar refractivity (Wildman–Crippen MR) is 87.8 cm³/mol. The highest BCUT2D eigenvalue weighted by Crippen LogP contribution is 2.49. The summed E-state index contributed by atoms with van der Waals surface area (Å²) < 4.78 is 5.14. The summed E-state index contributed by atoms with van der Waals surface area (Å²) >= 11 is 0. The number of pyridine rings is 2. The second-order valence-electron chi connectivity index (χ2n) is 6.28. The van der Waals surface area contributed by atoms with Gasteiger partial charge in [0.05, 0.1) is 19.2 Å². The third kappa shape index (κ3) is 2.22. The van der Waals surface area contributed by atoms with Gasteiger partial charge >= 0.3 is 5.97 Å². The number of carbonyl (C=O) groups excluding carboxylic acids is 1. The molecule has 0 radical (unpaired) electrons. The average molecular weight is 324 g/mol. The van der Waals surface area contributed by atoms with Crippen molar-refractivity contribution >= 4 is 5.97 Å². The zero-order valence-electron chi connectivity index (χ0n) is 13.6. The minimum absolute atomic E-state index is 0.00481. The molecule has 0 amide bonds. The first kappa shape index (κ1) is 15.2. The molecule has 4 heterocycles. The highest BCUT2D eigenvalue weighted by atomic mass is 16.5. The van der Waals surface area contributed by atoms with E-state index in [1.165, 1.54) is 7.11 Å². The summed E-state index contributed by atoms with van der Waals surface area (Å²) in [5, 5.41) is 3.59. The quantitative estimate of drug-likeness (QED) is 0.869. The van der Waals surface area contributed by atoms with Gasteiger partial charge < -0.3 is 4.74 Å². The lowest BCUT2D eigenvalue weighted by Gasteiger charge is -2.31. The van der Waals surface area contributed by atoms with Crippen molar-refractivity contribution in [1.29, 1.82) is 0 Å². The molecule has 124 valence electrons. The topological polar surface area (TPSA) is 67.3 Å². The van der Waals surface area contributed by atoms with Gasteiger partial charge in [0.15, 0.2) is 5.66 Å². The normalized spacial score (nSPS) is 29.4. The maximum Gasteiger partial charge on any atom is 0.341 e. The number of aromatic nitrogens is 2. The summed E-state index contributed by atoms with van der Waals surface area (Å²) in [6.07, 6.45) is 8.89. The number of esters is 1. The first-order valence-corrected chi connectivity index (χ1v) is 8.19. The fourth-order valence-electron chi connectivity index (χ4n) is 4.10. The Bertz CT molecular complexity index is 724. The molecule has 2 saturated heterocycles. The summed E-state index contributed by atoms with van der Waals surface area (Å²) in [5.41, 5.74) is 1.51. The van der Waals surface area contributed by atoms with Crippen LogP contribution in [0, 0.1) is 0 Å². The van der Waals surface area contributed by atoms with Crippen LogP contribution in [0.4, 0.5) is 0 Å². The highest BCUT2D eigenvalue weighted by Gasteiger charge is 2.59. The molecule has 1 N–H and O–H groups in total. The summed E-state index contributed by atoms with van der Waals surface area (Å²) in [6.45, 7) is 0.858. The smallest absolute Gasteiger partial charge is 0.341 e. The Hall–Kier alpha value is -2.31. The van der Waals surface area contributed by atoms with Crippen molar-refractivity contribution < 1.29 is 9.53 Å². The number of fused-ring (bicyclic) bond motifs is 1. The molecule has 0 saturated carbocycles. The molecule has 0 aromatic carbocycles. The fourth-order valence-corrected chi connectivity index (χ4v) is 4.10. The summed E-state index contributed by atoms with van der Waals surface area (Å²) in [7, 11) is 1.45. The molecule has 3 atom stereocenters. The summed E-state index contributed by atoms with van der Waals surface area (Å²) in [4.78, 5) is 23.1. The maximum absolute atomic E-state index is 12.6. The van der Waals surface area contributed by atoms with Crippen LogP contribution in [-0.4, -0.2) is 40.2 Å². The predicted octanol–water partition coefficient (Wildman–Crippen LogP) is 1.83. The monoisotopic (exact) mass is 324 g/mol. The first-order valence-electron chi connectivity index (χ1n) is 8.19. The lowest BCUT2D eigenvalue weighted by molar-refractivity contribution is -0.154. The van der Waals surface area contributed by atoms with Crippen molar-refractivity contribution in [2.75, 3.05) is 13.7 Å². The summed E-state index contributed by atoms with van der Waals surface area (Å²) in [6, 6.07) is 8.09. The van der Waals surface area contributed by atoms with E-state index in [9.17, 15) is 4.79 Å². The van der Waals surface area contributed by atoms with Crippen molar-refractivity contribution in [2.45, 2.75) is 30.6 Å². The molecular weight excluding hydrogens is 304 g/mol. The maximum atomic E-state index is 12.6. The third-order valence-corrected chi connectivity index (χ3v) is 5.11. The molecule has 0 spiro atoms. The van der Waals surface area contributed by atoms with Crippen molar-refractivity contribution in [3.8, 4) is 0 Å². The molecule has 2 aliphatic heterocycles. The van der Waals surface area contributed by atoms with Gasteiger partial charge in [-0.1, -0.05) is 0 Å². The number of methoxy groups -OCH3 is 1. The van der Waals surface area contributed by atoms with Gasteiger partial charge in [0.25, 0.3) is 0 Å². The molecular formula is C18H20N4O2. The lowest BCUT2D eigenvalue weighted by Crippen LogP contribution is -2.54. The second kappa shape index (κ2) is 5.96. The van der Waals surface area contributed by atoms with E-state index in [2.05, 4.69) is 20.2 Å². The van der Waals surface area contributed by atoms with Crippen LogP contribution in [0.1, 0.15) is 36.1 Å². The minimum Gasteiger partial charge on any atom is -0.467 e. The Morgan fingerprint density at radius 2 is 1.79 bits per heavy atom. The number of nitrogens with one attached hydrogen (secondary N) is 1. The van der Waals surface area contributed by atoms with Crippen LogP contribution in [0.2, 0.25) is 0 Å². The van der Waals surface area contributed by atoms with E-state index in [1.54, 1.807) is 24.8 Å². The van der Waals surface area contributed by atoms with Crippen LogP contribution in [0.3, 0.4) is 0 Å². The number of nitrogens with zero attached hydrogens (tertiary/aromatic N) is 3. The van der Waals surface area contributed by atoms with Gasteiger partial charge in [0.2, 0.25) is 0 Å². The Balaban J connectivity index is 1.82. The third-order valence-electron chi connectivity index (χ3n) is 5.11. The van der Waals surface area contributed by atoms with Gasteiger partial charge in [-0.25, -0.2) is 4.79 Å². The van der Waals surface area contributed by atoms with Gasteiger partial charge in [0.1, 0.15) is 0 Å². The zero-order valence-corrected chi connectivity index (χ0v) is 13.6. The molecule has 2 fully saturated rings. The van der Waals surface area contributed by atoms with Crippen LogP contribution in [0.5, 0.6) is 0 Å². The summed E-state index contributed by atoms with van der Waals surface area (Å²) in [5.74, 6) is -0.212. The average Bonchev–Trinajstić information content (AvgIpc) is 3.19. The van der Waals surface area contributed by atoms with Gasteiger partial charge in [-0.2, -0.15) is 0 Å². The number of carbonyl (C=O) groups is 1. The van der Waals surface area contributed by atoms with Gasteiger partial charge in [-0.15, -0.1) is 0 Å². The van der Waals surface area contributed by atoms with Crippen molar-refractivity contribution in [2.24, 2.45) is 0 Å². The Morgan fingerprint density at radius 3 is 2.42 bits per heavy atom. The van der Waals surface area contributed by atoms with E-state index in [4.69, 9.17) is 4.74 Å². The molecule has 2 aliphatic rings. The molecule has 6 heteroatoms. The van der Waals surface area contributed by atoms with E-state index in [0.717, 1.165) is 30.5 Å². The van der Waals surface area contributed by atoms with E-state index in [-0.39, 0.29) is 18.1 Å². The van der Waals surface area contributed by atoms with Crippen LogP contribution >= 0.6 is 0 Å². The Kier molecular flexibility index (Phi) is 3.78. The van der Waals surface area contributed by atoms with Crippen LogP contribution in [0.25, 0.3) is 0 Å².